The van der Waals surface area contributed by atoms with Gasteiger partial charge in [0.1, 0.15) is 10.7 Å². The van der Waals surface area contributed by atoms with Crippen molar-refractivity contribution in [2.24, 2.45) is 0 Å². The molecule has 0 atom stereocenters. The van der Waals surface area contributed by atoms with E-state index in [9.17, 15) is 8.42 Å². The lowest BCUT2D eigenvalue weighted by atomic mass is 10.2. The fourth-order valence-electron chi connectivity index (χ4n) is 1.69. The molecule has 2 rings (SSSR count). The zero-order chi connectivity index (χ0) is 14.9. The van der Waals surface area contributed by atoms with Crippen molar-refractivity contribution in [3.05, 3.63) is 44.7 Å². The lowest BCUT2D eigenvalue weighted by Gasteiger charge is -2.08. The minimum atomic E-state index is -3.69. The molecule has 0 fully saturated rings. The third-order valence-corrected chi connectivity index (χ3v) is 5.18. The van der Waals surface area contributed by atoms with Crippen LogP contribution in [0.3, 0.4) is 0 Å². The summed E-state index contributed by atoms with van der Waals surface area (Å²) in [6, 6.07) is 4.60. The van der Waals surface area contributed by atoms with Gasteiger partial charge in [0, 0.05) is 16.6 Å². The van der Waals surface area contributed by atoms with Crippen molar-refractivity contribution in [2.45, 2.75) is 25.3 Å². The van der Waals surface area contributed by atoms with Gasteiger partial charge in [0.05, 0.1) is 10.7 Å². The molecule has 0 amide bonds. The van der Waals surface area contributed by atoms with E-state index in [1.165, 1.54) is 12.1 Å². The summed E-state index contributed by atoms with van der Waals surface area (Å²) < 4.78 is 32.6. The maximum atomic E-state index is 12.2. The number of hydrogen-bond donors (Lipinski definition) is 1. The lowest BCUT2D eigenvalue weighted by Crippen LogP contribution is -2.24. The highest BCUT2D eigenvalue weighted by atomic mass is 79.9. The molecule has 108 valence electrons. The van der Waals surface area contributed by atoms with Crippen LogP contribution < -0.4 is 4.72 Å². The monoisotopic (exact) mass is 378 g/mol. The minimum absolute atomic E-state index is 0.0362. The highest BCUT2D eigenvalue weighted by Gasteiger charge is 2.19. The number of aromatic nitrogens is 1. The first kappa shape index (κ1) is 15.5. The summed E-state index contributed by atoms with van der Waals surface area (Å²) in [5.41, 5.74) is 1.38. The van der Waals surface area contributed by atoms with Crippen LogP contribution in [-0.2, 0) is 16.6 Å². The number of halogens is 2. The second-order valence-corrected chi connectivity index (χ2v) is 7.26. The first-order valence-electron chi connectivity index (χ1n) is 5.67. The summed E-state index contributed by atoms with van der Waals surface area (Å²) >= 11 is 9.19. The smallest absolute Gasteiger partial charge is 0.242 e. The predicted molar refractivity (Wildman–Crippen MR) is 79.2 cm³/mol. The van der Waals surface area contributed by atoms with Crippen LogP contribution in [0.5, 0.6) is 0 Å². The number of benzene rings is 1. The number of rotatable bonds is 4. The van der Waals surface area contributed by atoms with Gasteiger partial charge < -0.3 is 4.52 Å². The molecule has 0 aliphatic rings. The average molecular weight is 380 g/mol. The van der Waals surface area contributed by atoms with E-state index in [0.717, 1.165) is 5.56 Å². The Hall–Kier alpha value is -0.890. The SMILES string of the molecule is Cc1noc(C)c1CNS(=O)(=O)c1ccc(Br)cc1Cl. The van der Waals surface area contributed by atoms with Gasteiger partial charge >= 0.3 is 0 Å². The number of sulfonamides is 1. The Balaban J connectivity index is 2.24. The standard InChI is InChI=1S/C12H12BrClN2O3S/c1-7-10(8(2)19-16-7)6-15-20(17,18)12-4-3-9(13)5-11(12)14/h3-5,15H,6H2,1-2H3. The average Bonchev–Trinajstić information content (AvgIpc) is 2.66. The third kappa shape index (κ3) is 3.22. The Morgan fingerprint density at radius 2 is 2.10 bits per heavy atom. The van der Waals surface area contributed by atoms with Gasteiger partial charge in [0.25, 0.3) is 0 Å². The van der Waals surface area contributed by atoms with Gasteiger partial charge in [-0.05, 0) is 32.0 Å². The molecular weight excluding hydrogens is 368 g/mol. The fourth-order valence-corrected chi connectivity index (χ4v) is 3.72. The topological polar surface area (TPSA) is 72.2 Å². The first-order chi connectivity index (χ1) is 9.31. The van der Waals surface area contributed by atoms with Gasteiger partial charge in [-0.3, -0.25) is 0 Å². The van der Waals surface area contributed by atoms with E-state index in [2.05, 4.69) is 25.8 Å². The molecule has 0 aliphatic carbocycles. The van der Waals surface area contributed by atoms with Crippen molar-refractivity contribution < 1.29 is 12.9 Å². The van der Waals surface area contributed by atoms with E-state index in [4.69, 9.17) is 16.1 Å². The molecule has 0 aliphatic heterocycles. The Labute approximate surface area is 130 Å². The zero-order valence-electron chi connectivity index (χ0n) is 10.8. The van der Waals surface area contributed by atoms with Gasteiger partial charge in [0.2, 0.25) is 10.0 Å². The number of hydrogen-bond acceptors (Lipinski definition) is 4. The zero-order valence-corrected chi connectivity index (χ0v) is 13.9. The second-order valence-electron chi connectivity index (χ2n) is 4.20. The molecule has 0 radical (unpaired) electrons. The van der Waals surface area contributed by atoms with Crippen LogP contribution in [0, 0.1) is 13.8 Å². The van der Waals surface area contributed by atoms with Crippen molar-refractivity contribution in [1.29, 1.82) is 0 Å². The summed E-state index contributed by atoms with van der Waals surface area (Å²) in [5.74, 6) is 0.590. The van der Waals surface area contributed by atoms with Crippen molar-refractivity contribution in [3.63, 3.8) is 0 Å². The molecule has 0 spiro atoms. The van der Waals surface area contributed by atoms with Crippen LogP contribution in [-0.4, -0.2) is 13.6 Å². The number of aryl methyl sites for hydroxylation is 2. The molecule has 0 unspecified atom stereocenters. The molecule has 0 saturated carbocycles. The molecule has 1 N–H and O–H groups in total. The Morgan fingerprint density at radius 3 is 2.65 bits per heavy atom. The van der Waals surface area contributed by atoms with Crippen LogP contribution in [0.25, 0.3) is 0 Å². The van der Waals surface area contributed by atoms with Crippen molar-refractivity contribution in [1.82, 2.24) is 9.88 Å². The maximum absolute atomic E-state index is 12.2. The molecule has 20 heavy (non-hydrogen) atoms. The summed E-state index contributed by atoms with van der Waals surface area (Å²) in [6.45, 7) is 3.60. The summed E-state index contributed by atoms with van der Waals surface area (Å²) in [5, 5.41) is 3.93. The Morgan fingerprint density at radius 1 is 1.40 bits per heavy atom. The van der Waals surface area contributed by atoms with Gasteiger partial charge in [-0.15, -0.1) is 0 Å². The molecule has 2 aromatic rings. The van der Waals surface area contributed by atoms with Crippen molar-refractivity contribution in [2.75, 3.05) is 0 Å². The van der Waals surface area contributed by atoms with Crippen LogP contribution >= 0.6 is 27.5 Å². The van der Waals surface area contributed by atoms with Gasteiger partial charge in [0.15, 0.2) is 0 Å². The molecule has 8 heteroatoms. The van der Waals surface area contributed by atoms with Crippen molar-refractivity contribution >= 4 is 37.6 Å². The van der Waals surface area contributed by atoms with Crippen LogP contribution in [0.1, 0.15) is 17.0 Å². The number of nitrogens with zero attached hydrogens (tertiary/aromatic N) is 1. The predicted octanol–water partition coefficient (Wildman–Crippen LogP) is 3.19. The third-order valence-electron chi connectivity index (χ3n) is 2.80. The lowest BCUT2D eigenvalue weighted by molar-refractivity contribution is 0.392. The van der Waals surface area contributed by atoms with Crippen LogP contribution in [0.2, 0.25) is 5.02 Å². The quantitative estimate of drug-likeness (QED) is 0.885. The first-order valence-corrected chi connectivity index (χ1v) is 8.33. The van der Waals surface area contributed by atoms with E-state index < -0.39 is 10.0 Å². The number of nitrogens with one attached hydrogen (secondary N) is 1. The molecule has 0 saturated heterocycles. The molecule has 1 heterocycles. The maximum Gasteiger partial charge on any atom is 0.242 e. The molecule has 1 aromatic heterocycles. The van der Waals surface area contributed by atoms with E-state index >= 15 is 0 Å². The van der Waals surface area contributed by atoms with Crippen LogP contribution in [0.4, 0.5) is 0 Å². The van der Waals surface area contributed by atoms with Crippen LogP contribution in [0.15, 0.2) is 32.1 Å². The molecular formula is C12H12BrClN2O3S. The van der Waals surface area contributed by atoms with Gasteiger partial charge in [-0.1, -0.05) is 32.7 Å². The van der Waals surface area contributed by atoms with Gasteiger partial charge in [-0.2, -0.15) is 0 Å². The molecule has 1 aromatic carbocycles. The Bertz CT molecular complexity index is 724. The minimum Gasteiger partial charge on any atom is -0.361 e. The van der Waals surface area contributed by atoms with E-state index in [1.54, 1.807) is 19.9 Å². The largest absolute Gasteiger partial charge is 0.361 e. The fraction of sp³-hybridized carbons (Fsp3) is 0.250. The summed E-state index contributed by atoms with van der Waals surface area (Å²) in [7, 11) is -3.69. The second kappa shape index (κ2) is 5.85. The highest BCUT2D eigenvalue weighted by Crippen LogP contribution is 2.25. The summed E-state index contributed by atoms with van der Waals surface area (Å²) in [4.78, 5) is 0.0362. The summed E-state index contributed by atoms with van der Waals surface area (Å²) in [6.07, 6.45) is 0. The normalized spacial score (nSPS) is 11.8. The van der Waals surface area contributed by atoms with E-state index in [-0.39, 0.29) is 16.5 Å². The van der Waals surface area contributed by atoms with E-state index in [1.807, 2.05) is 0 Å². The van der Waals surface area contributed by atoms with Crippen molar-refractivity contribution in [3.8, 4) is 0 Å². The Kier molecular flexibility index (Phi) is 4.53. The van der Waals surface area contributed by atoms with Gasteiger partial charge in [-0.25, -0.2) is 13.1 Å². The van der Waals surface area contributed by atoms with E-state index in [0.29, 0.717) is 15.9 Å². The highest BCUT2D eigenvalue weighted by molar-refractivity contribution is 9.10. The molecule has 5 nitrogen and oxygen atoms in total. The molecule has 0 bridgehead atoms.